The average Bonchev–Trinajstić information content (AvgIpc) is 3.46. The van der Waals surface area contributed by atoms with E-state index >= 15 is 0 Å². The third-order valence-corrected chi connectivity index (χ3v) is 16.8. The van der Waals surface area contributed by atoms with E-state index in [0.29, 0.717) is 0 Å². The predicted octanol–water partition coefficient (Wildman–Crippen LogP) is 9.01. The molecule has 2 aromatic heterocycles. The fraction of sp³-hybridized carbons (Fsp3) is 0. The molecule has 4 aromatic rings. The Labute approximate surface area is 228 Å². The Morgan fingerprint density at radius 2 is 0.559 bits per heavy atom. The normalized spacial score (nSPS) is 19.1. The predicted molar refractivity (Wildman–Crippen MR) is 154 cm³/mol. The van der Waals surface area contributed by atoms with Crippen molar-refractivity contribution in [2.45, 2.75) is 19.6 Å². The average molecular weight is 585 g/mol. The second kappa shape index (κ2) is 8.34. The van der Waals surface area contributed by atoms with Crippen molar-refractivity contribution in [1.82, 2.24) is 19.9 Å². The zero-order valence-corrected chi connectivity index (χ0v) is 23.2. The lowest BCUT2D eigenvalue weighted by Crippen LogP contribution is -1.89. The first-order valence-corrected chi connectivity index (χ1v) is 16.5. The number of rotatable bonds is 0. The molecule has 0 atom stereocenters. The number of thioether (sulfide) groups is 8. The Morgan fingerprint density at radius 1 is 0.324 bits per heavy atom. The smallest absolute Gasteiger partial charge is 0.0898 e. The molecule has 6 heterocycles. The van der Waals surface area contributed by atoms with E-state index in [0.717, 1.165) is 22.1 Å². The van der Waals surface area contributed by atoms with E-state index < -0.39 is 0 Å². The zero-order valence-electron chi connectivity index (χ0n) is 16.7. The molecule has 4 aliphatic heterocycles. The maximum absolute atomic E-state index is 4.48. The van der Waals surface area contributed by atoms with Gasteiger partial charge in [0.1, 0.15) is 0 Å². The summed E-state index contributed by atoms with van der Waals surface area (Å²) in [5.74, 6) is 0. The molecule has 4 aliphatic rings. The van der Waals surface area contributed by atoms with Gasteiger partial charge in [0.15, 0.2) is 0 Å². The third kappa shape index (κ3) is 3.56. The van der Waals surface area contributed by atoms with Crippen LogP contribution in [0.4, 0.5) is 0 Å². The van der Waals surface area contributed by atoms with Gasteiger partial charge in [0.05, 0.1) is 47.5 Å². The van der Waals surface area contributed by atoms with Gasteiger partial charge in [0.2, 0.25) is 0 Å². The first-order chi connectivity index (χ1) is 16.8. The summed E-state index contributed by atoms with van der Waals surface area (Å²) in [5.41, 5.74) is 3.83. The lowest BCUT2D eigenvalue weighted by molar-refractivity contribution is 1.21. The molecule has 0 aliphatic carbocycles. The number of fused-ring (bicyclic) bond motifs is 4. The molecule has 2 aromatic carbocycles. The molecule has 34 heavy (non-hydrogen) atoms. The summed E-state index contributed by atoms with van der Waals surface area (Å²) in [6, 6.07) is 8.69. The van der Waals surface area contributed by atoms with Gasteiger partial charge >= 0.3 is 0 Å². The van der Waals surface area contributed by atoms with Crippen molar-refractivity contribution < 1.29 is 0 Å². The Bertz CT molecular complexity index is 1440. The summed E-state index contributed by atoms with van der Waals surface area (Å²) in [4.78, 5) is 23.0. The zero-order chi connectivity index (χ0) is 22.2. The van der Waals surface area contributed by atoms with Crippen LogP contribution in [0.25, 0.3) is 22.1 Å². The summed E-state index contributed by atoms with van der Waals surface area (Å²) >= 11 is 15.1. The summed E-state index contributed by atoms with van der Waals surface area (Å²) < 4.78 is 8.30. The standard InChI is InChI=1S/C22H8N4S8/c1-2-24-10-6-14-13(5-9(10)23-1)27-17-18(28-14)32-21(31-17)22-33-19-20(34-22)30-16-8-12-11(7-15(16)29-19)25-3-4-26-12/h1-8H. The van der Waals surface area contributed by atoms with Crippen LogP contribution in [0.2, 0.25) is 0 Å². The molecular weight excluding hydrogens is 577 g/mol. The highest BCUT2D eigenvalue weighted by atomic mass is 32.3. The fourth-order valence-corrected chi connectivity index (χ4v) is 15.6. The highest BCUT2D eigenvalue weighted by Crippen LogP contribution is 2.71. The van der Waals surface area contributed by atoms with Crippen molar-refractivity contribution in [3.05, 3.63) is 74.5 Å². The van der Waals surface area contributed by atoms with Gasteiger partial charge in [-0.2, -0.15) is 0 Å². The molecule has 164 valence electrons. The first-order valence-electron chi connectivity index (χ1n) is 9.92. The van der Waals surface area contributed by atoms with Crippen molar-refractivity contribution in [3.63, 3.8) is 0 Å². The van der Waals surface area contributed by atoms with Crippen LogP contribution in [0.1, 0.15) is 0 Å². The summed E-state index contributed by atoms with van der Waals surface area (Å²) in [6.45, 7) is 0. The summed E-state index contributed by atoms with van der Waals surface area (Å²) in [6.07, 6.45) is 7.04. The van der Waals surface area contributed by atoms with Crippen LogP contribution < -0.4 is 0 Å². The molecule has 0 fully saturated rings. The molecule has 0 saturated carbocycles. The minimum atomic E-state index is 0.957. The van der Waals surface area contributed by atoms with Crippen LogP contribution in [-0.4, -0.2) is 19.9 Å². The third-order valence-electron chi connectivity index (χ3n) is 5.12. The minimum Gasteiger partial charge on any atom is -0.253 e. The van der Waals surface area contributed by atoms with Crippen molar-refractivity contribution in [2.75, 3.05) is 0 Å². The SMILES string of the molecule is c1cnc2cc3c(cc2n1)SC1=C(SC(=C2SC4=C(S2)Sc2cc5nccnc5cc2S4)S1)S3. The van der Waals surface area contributed by atoms with Gasteiger partial charge in [-0.25, -0.2) is 0 Å². The molecule has 4 nitrogen and oxygen atoms in total. The van der Waals surface area contributed by atoms with Crippen LogP contribution >= 0.6 is 94.1 Å². The lowest BCUT2D eigenvalue weighted by Gasteiger charge is -2.15. The molecule has 12 heteroatoms. The number of hydrogen-bond donors (Lipinski definition) is 0. The van der Waals surface area contributed by atoms with Crippen LogP contribution in [0.15, 0.2) is 94.1 Å². The second-order valence-corrected chi connectivity index (χ2v) is 17.1. The van der Waals surface area contributed by atoms with Crippen LogP contribution in [0, 0.1) is 0 Å². The molecule has 0 N–H and O–H groups in total. The van der Waals surface area contributed by atoms with E-state index in [2.05, 4.69) is 44.2 Å². The molecule has 0 spiro atoms. The Kier molecular flexibility index (Phi) is 5.21. The van der Waals surface area contributed by atoms with Gasteiger partial charge in [0, 0.05) is 44.4 Å². The highest BCUT2D eigenvalue weighted by Gasteiger charge is 2.35. The van der Waals surface area contributed by atoms with Gasteiger partial charge in [0.25, 0.3) is 0 Å². The van der Waals surface area contributed by atoms with E-state index in [4.69, 9.17) is 0 Å². The number of hydrogen-bond acceptors (Lipinski definition) is 12. The van der Waals surface area contributed by atoms with E-state index in [-0.39, 0.29) is 0 Å². The van der Waals surface area contributed by atoms with Gasteiger partial charge in [-0.1, -0.05) is 94.1 Å². The Hall–Kier alpha value is -0.860. The fourth-order valence-electron chi connectivity index (χ4n) is 3.63. The van der Waals surface area contributed by atoms with Crippen molar-refractivity contribution in [1.29, 1.82) is 0 Å². The van der Waals surface area contributed by atoms with E-state index in [1.807, 2.05) is 94.1 Å². The van der Waals surface area contributed by atoms with Crippen LogP contribution in [0.3, 0.4) is 0 Å². The number of benzene rings is 2. The van der Waals surface area contributed by atoms with Crippen molar-refractivity contribution in [3.8, 4) is 0 Å². The Balaban J connectivity index is 1.06. The summed E-state index contributed by atoms with van der Waals surface area (Å²) in [7, 11) is 0. The molecule has 0 radical (unpaired) electrons. The second-order valence-electron chi connectivity index (χ2n) is 7.23. The maximum atomic E-state index is 4.48. The van der Waals surface area contributed by atoms with Crippen LogP contribution in [0.5, 0.6) is 0 Å². The quantitative estimate of drug-likeness (QED) is 0.198. The minimum absolute atomic E-state index is 0.957. The molecule has 0 amide bonds. The molecule has 8 rings (SSSR count). The Morgan fingerprint density at radius 3 is 0.824 bits per heavy atom. The highest BCUT2D eigenvalue weighted by molar-refractivity contribution is 8.45. The number of aromatic nitrogens is 4. The first kappa shape index (κ1) is 21.2. The molecule has 0 bridgehead atoms. The van der Waals surface area contributed by atoms with Gasteiger partial charge in [-0.3, -0.25) is 19.9 Å². The monoisotopic (exact) mass is 584 g/mol. The van der Waals surface area contributed by atoms with E-state index in [1.165, 1.54) is 45.0 Å². The van der Waals surface area contributed by atoms with Crippen molar-refractivity contribution >= 4 is 116 Å². The number of nitrogens with zero attached hydrogens (tertiary/aromatic N) is 4. The topological polar surface area (TPSA) is 51.6 Å². The van der Waals surface area contributed by atoms with E-state index in [9.17, 15) is 0 Å². The van der Waals surface area contributed by atoms with Gasteiger partial charge in [-0.15, -0.1) is 0 Å². The van der Waals surface area contributed by atoms with Gasteiger partial charge < -0.3 is 0 Å². The summed E-state index contributed by atoms with van der Waals surface area (Å²) in [5, 5.41) is 0. The largest absolute Gasteiger partial charge is 0.253 e. The van der Waals surface area contributed by atoms with Crippen molar-refractivity contribution in [2.24, 2.45) is 0 Å². The molecular formula is C22H8N4S8. The lowest BCUT2D eigenvalue weighted by atomic mass is 10.3. The molecule has 0 unspecified atom stereocenters. The molecule has 0 saturated heterocycles. The maximum Gasteiger partial charge on any atom is 0.0898 e. The van der Waals surface area contributed by atoms with Crippen LogP contribution in [-0.2, 0) is 0 Å². The van der Waals surface area contributed by atoms with E-state index in [1.54, 1.807) is 24.8 Å². The van der Waals surface area contributed by atoms with Gasteiger partial charge in [-0.05, 0) is 24.3 Å².